The average molecular weight is 485 g/mol. The van der Waals surface area contributed by atoms with Gasteiger partial charge in [0, 0.05) is 30.9 Å². The second-order valence-corrected chi connectivity index (χ2v) is 10.9. The molecule has 1 amide bonds. The summed E-state index contributed by atoms with van der Waals surface area (Å²) in [5.74, 6) is 0.161. The molecule has 34 heavy (non-hydrogen) atoms. The third kappa shape index (κ3) is 4.55. The Kier molecular flexibility index (Phi) is 6.46. The number of hydrogen-bond donors (Lipinski definition) is 2. The van der Waals surface area contributed by atoms with Crippen LogP contribution in [0.2, 0.25) is 0 Å². The molecule has 1 aliphatic heterocycles. The van der Waals surface area contributed by atoms with Crippen molar-refractivity contribution in [2.45, 2.75) is 38.6 Å². The molecule has 2 aromatic carbocycles. The molecule has 2 atom stereocenters. The van der Waals surface area contributed by atoms with Gasteiger partial charge in [0.15, 0.2) is 0 Å². The summed E-state index contributed by atoms with van der Waals surface area (Å²) in [5, 5.41) is 3.04. The lowest BCUT2D eigenvalue weighted by molar-refractivity contribution is 0.102. The quantitative estimate of drug-likeness (QED) is 0.577. The van der Waals surface area contributed by atoms with Crippen molar-refractivity contribution in [2.24, 2.45) is 11.8 Å². The number of sulfonamides is 1. The molecule has 1 aromatic heterocycles. The molecular weight excluding hydrogens is 456 g/mol. The first kappa shape index (κ1) is 23.9. The van der Waals surface area contributed by atoms with E-state index in [1.165, 1.54) is 34.6 Å². The molecule has 1 fully saturated rings. The predicted molar refractivity (Wildman–Crippen MR) is 131 cm³/mol. The predicted octanol–water partition coefficient (Wildman–Crippen LogP) is 2.63. The number of carbonyl (C=O) groups is 1. The summed E-state index contributed by atoms with van der Waals surface area (Å²) < 4.78 is 28.7. The Morgan fingerprint density at radius 1 is 1.06 bits per heavy atom. The van der Waals surface area contributed by atoms with Crippen LogP contribution in [-0.4, -0.2) is 41.3 Å². The molecule has 1 saturated heterocycles. The van der Waals surface area contributed by atoms with Gasteiger partial charge in [0.1, 0.15) is 0 Å². The summed E-state index contributed by atoms with van der Waals surface area (Å²) in [6, 6.07) is 10.5. The van der Waals surface area contributed by atoms with Crippen molar-refractivity contribution < 1.29 is 13.2 Å². The van der Waals surface area contributed by atoms with Crippen LogP contribution < -0.4 is 16.6 Å². The molecule has 180 valence electrons. The van der Waals surface area contributed by atoms with Crippen LogP contribution in [-0.2, 0) is 16.6 Å². The van der Waals surface area contributed by atoms with Gasteiger partial charge in [-0.3, -0.25) is 14.2 Å². The molecule has 3 aromatic rings. The van der Waals surface area contributed by atoms with Gasteiger partial charge in [-0.05, 0) is 67.6 Å². The van der Waals surface area contributed by atoms with Crippen molar-refractivity contribution in [2.75, 3.05) is 18.4 Å². The summed E-state index contributed by atoms with van der Waals surface area (Å²) in [4.78, 5) is 40.0. The maximum absolute atomic E-state index is 13.0. The third-order valence-corrected chi connectivity index (χ3v) is 7.99. The molecule has 0 aliphatic carbocycles. The fourth-order valence-electron chi connectivity index (χ4n) is 4.55. The van der Waals surface area contributed by atoms with E-state index in [0.717, 1.165) is 11.0 Å². The summed E-state index contributed by atoms with van der Waals surface area (Å²) in [6.45, 7) is 7.05. The Morgan fingerprint density at radius 3 is 2.32 bits per heavy atom. The Balaban J connectivity index is 1.53. The van der Waals surface area contributed by atoms with E-state index >= 15 is 0 Å². The van der Waals surface area contributed by atoms with Crippen LogP contribution in [0.5, 0.6) is 0 Å². The molecule has 2 N–H and O–H groups in total. The van der Waals surface area contributed by atoms with Crippen LogP contribution >= 0.6 is 0 Å². The van der Waals surface area contributed by atoms with E-state index in [2.05, 4.69) is 24.1 Å². The van der Waals surface area contributed by atoms with E-state index in [4.69, 9.17) is 0 Å². The highest BCUT2D eigenvalue weighted by Gasteiger charge is 2.31. The normalized spacial score (nSPS) is 19.3. The van der Waals surface area contributed by atoms with Crippen LogP contribution in [0, 0.1) is 11.8 Å². The van der Waals surface area contributed by atoms with Crippen LogP contribution in [0.4, 0.5) is 5.69 Å². The molecule has 0 spiro atoms. The highest BCUT2D eigenvalue weighted by atomic mass is 32.2. The minimum Gasteiger partial charge on any atom is -0.322 e. The zero-order valence-corrected chi connectivity index (χ0v) is 20.2. The second kappa shape index (κ2) is 9.19. The molecule has 0 unspecified atom stereocenters. The van der Waals surface area contributed by atoms with Gasteiger partial charge in [-0.25, -0.2) is 13.2 Å². The summed E-state index contributed by atoms with van der Waals surface area (Å²) in [7, 11) is -3.61. The molecule has 0 saturated carbocycles. The SMILES string of the molecule is CCn1c(=O)[nH]c2cc(C(=O)Nc3ccc(S(=O)(=O)N4C[C@H](C)C[C@H](C)C4)cc3)ccc2c1=O. The maximum atomic E-state index is 13.0. The number of fused-ring (bicyclic) bond motifs is 1. The van der Waals surface area contributed by atoms with Crippen molar-refractivity contribution in [3.63, 3.8) is 0 Å². The number of hydrogen-bond acceptors (Lipinski definition) is 5. The fraction of sp³-hybridized carbons (Fsp3) is 0.375. The molecule has 2 heterocycles. The standard InChI is InChI=1S/C24H28N4O5S/c1-4-28-23(30)20-10-5-17(12-21(20)26-24(28)31)22(29)25-18-6-8-19(9-7-18)34(32,33)27-13-15(2)11-16(3)14-27/h5-10,12,15-16H,4,11,13-14H2,1-3H3,(H,25,29)(H,26,31)/t15-,16+. The number of anilines is 1. The Morgan fingerprint density at radius 2 is 1.71 bits per heavy atom. The minimum atomic E-state index is -3.61. The number of aromatic nitrogens is 2. The van der Waals surface area contributed by atoms with Crippen molar-refractivity contribution >= 4 is 32.5 Å². The number of aromatic amines is 1. The molecule has 4 rings (SSSR count). The van der Waals surface area contributed by atoms with Crippen molar-refractivity contribution in [3.05, 3.63) is 68.9 Å². The highest BCUT2D eigenvalue weighted by molar-refractivity contribution is 7.89. The number of amides is 1. The summed E-state index contributed by atoms with van der Waals surface area (Å²) in [5.41, 5.74) is 0.0113. The van der Waals surface area contributed by atoms with Crippen molar-refractivity contribution in [1.82, 2.24) is 13.9 Å². The van der Waals surface area contributed by atoms with Gasteiger partial charge in [-0.2, -0.15) is 4.31 Å². The van der Waals surface area contributed by atoms with Gasteiger partial charge < -0.3 is 10.3 Å². The average Bonchev–Trinajstić information content (AvgIpc) is 2.78. The molecule has 0 bridgehead atoms. The smallest absolute Gasteiger partial charge is 0.322 e. The van der Waals surface area contributed by atoms with Crippen LogP contribution in [0.1, 0.15) is 37.6 Å². The van der Waals surface area contributed by atoms with Crippen molar-refractivity contribution in [1.29, 1.82) is 0 Å². The zero-order valence-electron chi connectivity index (χ0n) is 19.4. The molecule has 1 aliphatic rings. The monoisotopic (exact) mass is 484 g/mol. The Bertz CT molecular complexity index is 1450. The Hall–Kier alpha value is -3.24. The van der Waals surface area contributed by atoms with E-state index < -0.39 is 27.2 Å². The maximum Gasteiger partial charge on any atom is 0.328 e. The number of nitrogens with zero attached hydrogens (tertiary/aromatic N) is 2. The van der Waals surface area contributed by atoms with Gasteiger partial charge in [0.05, 0.1) is 15.8 Å². The van der Waals surface area contributed by atoms with E-state index in [9.17, 15) is 22.8 Å². The lowest BCUT2D eigenvalue weighted by atomic mass is 9.94. The van der Waals surface area contributed by atoms with Gasteiger partial charge in [-0.1, -0.05) is 13.8 Å². The molecule has 9 nitrogen and oxygen atoms in total. The number of benzene rings is 2. The fourth-order valence-corrected chi connectivity index (χ4v) is 6.23. The van der Waals surface area contributed by atoms with Crippen LogP contribution in [0.15, 0.2) is 56.9 Å². The van der Waals surface area contributed by atoms with Gasteiger partial charge >= 0.3 is 5.69 Å². The van der Waals surface area contributed by atoms with E-state index in [1.807, 2.05) is 0 Å². The van der Waals surface area contributed by atoms with Gasteiger partial charge in [0.2, 0.25) is 10.0 Å². The minimum absolute atomic E-state index is 0.183. The lowest BCUT2D eigenvalue weighted by Gasteiger charge is -2.34. The third-order valence-electron chi connectivity index (χ3n) is 6.15. The topological polar surface area (TPSA) is 121 Å². The number of rotatable bonds is 5. The molecule has 10 heteroatoms. The first-order valence-electron chi connectivity index (χ1n) is 11.3. The summed E-state index contributed by atoms with van der Waals surface area (Å²) >= 11 is 0. The largest absolute Gasteiger partial charge is 0.328 e. The van der Waals surface area contributed by atoms with Crippen LogP contribution in [0.25, 0.3) is 10.9 Å². The summed E-state index contributed by atoms with van der Waals surface area (Å²) in [6.07, 6.45) is 1.01. The van der Waals surface area contributed by atoms with E-state index in [1.54, 1.807) is 19.1 Å². The van der Waals surface area contributed by atoms with E-state index in [-0.39, 0.29) is 22.5 Å². The molecular formula is C24H28N4O5S. The zero-order chi connectivity index (χ0) is 24.6. The highest BCUT2D eigenvalue weighted by Crippen LogP contribution is 2.27. The van der Waals surface area contributed by atoms with Gasteiger partial charge in [0.25, 0.3) is 11.5 Å². The van der Waals surface area contributed by atoms with E-state index in [0.29, 0.717) is 36.0 Å². The number of H-pyrrole nitrogens is 1. The van der Waals surface area contributed by atoms with Gasteiger partial charge in [-0.15, -0.1) is 0 Å². The second-order valence-electron chi connectivity index (χ2n) is 8.99. The first-order valence-corrected chi connectivity index (χ1v) is 12.7. The number of piperidine rings is 1. The van der Waals surface area contributed by atoms with Crippen LogP contribution in [0.3, 0.4) is 0 Å². The molecule has 0 radical (unpaired) electrons. The van der Waals surface area contributed by atoms with Crippen molar-refractivity contribution in [3.8, 4) is 0 Å². The number of nitrogens with one attached hydrogen (secondary N) is 2. The lowest BCUT2D eigenvalue weighted by Crippen LogP contribution is -2.42. The number of carbonyl (C=O) groups excluding carboxylic acids is 1. The Labute approximate surface area is 197 Å². The first-order chi connectivity index (χ1) is 16.1.